The fraction of sp³-hybridized carbons (Fsp3) is 0.250. The molecule has 2 aromatic carbocycles. The summed E-state index contributed by atoms with van der Waals surface area (Å²) in [6, 6.07) is 15.9. The number of benzene rings is 2. The topological polar surface area (TPSA) is 12.0 Å². The summed E-state index contributed by atoms with van der Waals surface area (Å²) in [7, 11) is 0. The fourth-order valence-electron chi connectivity index (χ4n) is 2.62. The summed E-state index contributed by atoms with van der Waals surface area (Å²) < 4.78 is 1.28. The van der Waals surface area contributed by atoms with E-state index in [1.807, 2.05) is 0 Å². The quantitative estimate of drug-likeness (QED) is 0.775. The summed E-state index contributed by atoms with van der Waals surface area (Å²) in [6.07, 6.45) is 2.39. The average Bonchev–Trinajstić information content (AvgIpc) is 2.75. The highest BCUT2D eigenvalue weighted by Gasteiger charge is 2.21. The predicted octanol–water partition coefficient (Wildman–Crippen LogP) is 4.70. The van der Waals surface area contributed by atoms with E-state index in [-0.39, 0.29) is 0 Å². The van der Waals surface area contributed by atoms with Gasteiger partial charge >= 0.3 is 0 Å². The van der Waals surface area contributed by atoms with Gasteiger partial charge in [-0.3, -0.25) is 0 Å². The zero-order valence-electron chi connectivity index (χ0n) is 10.4. The van der Waals surface area contributed by atoms with Crippen LogP contribution < -0.4 is 5.32 Å². The standard InChI is InChI=1S/C16H16IN/c1-11-2-3-12-4-9-16(15(12)10-11)18-14-7-5-13(17)6-8-14/h2-3,5-8,10,16,18H,4,9H2,1H3. The second-order valence-corrected chi connectivity index (χ2v) is 6.19. The molecule has 0 amide bonds. The zero-order valence-corrected chi connectivity index (χ0v) is 12.6. The number of nitrogens with one attached hydrogen (secondary N) is 1. The van der Waals surface area contributed by atoms with Crippen LogP contribution in [0.15, 0.2) is 42.5 Å². The third kappa shape index (κ3) is 2.39. The van der Waals surface area contributed by atoms with Crippen LogP contribution in [0.5, 0.6) is 0 Å². The molecule has 0 radical (unpaired) electrons. The van der Waals surface area contributed by atoms with E-state index < -0.39 is 0 Å². The monoisotopic (exact) mass is 349 g/mol. The molecule has 1 aliphatic carbocycles. The second kappa shape index (κ2) is 4.92. The number of hydrogen-bond donors (Lipinski definition) is 1. The van der Waals surface area contributed by atoms with Gasteiger partial charge in [-0.15, -0.1) is 0 Å². The molecular weight excluding hydrogens is 333 g/mol. The van der Waals surface area contributed by atoms with Crippen molar-refractivity contribution in [3.8, 4) is 0 Å². The molecule has 2 aromatic rings. The number of rotatable bonds is 2. The SMILES string of the molecule is Cc1ccc2c(c1)C(Nc1ccc(I)cc1)CC2. The lowest BCUT2D eigenvalue weighted by atomic mass is 10.0. The van der Waals surface area contributed by atoms with Gasteiger partial charge in [0.15, 0.2) is 0 Å². The van der Waals surface area contributed by atoms with Crippen LogP contribution in [-0.4, -0.2) is 0 Å². The van der Waals surface area contributed by atoms with Gasteiger partial charge in [0.25, 0.3) is 0 Å². The molecule has 1 nitrogen and oxygen atoms in total. The van der Waals surface area contributed by atoms with Crippen LogP contribution in [-0.2, 0) is 6.42 Å². The molecule has 1 unspecified atom stereocenters. The molecule has 0 spiro atoms. The first-order valence-electron chi connectivity index (χ1n) is 6.34. The van der Waals surface area contributed by atoms with Crippen molar-refractivity contribution in [3.63, 3.8) is 0 Å². The lowest BCUT2D eigenvalue weighted by Gasteiger charge is -2.16. The Balaban J connectivity index is 1.84. The largest absolute Gasteiger partial charge is 0.378 e. The van der Waals surface area contributed by atoms with Crippen molar-refractivity contribution in [1.82, 2.24) is 0 Å². The minimum absolute atomic E-state index is 0.472. The normalized spacial score (nSPS) is 17.6. The van der Waals surface area contributed by atoms with Gasteiger partial charge in [0.2, 0.25) is 0 Å². The number of halogens is 1. The van der Waals surface area contributed by atoms with Crippen molar-refractivity contribution in [2.75, 3.05) is 5.32 Å². The maximum absolute atomic E-state index is 3.65. The van der Waals surface area contributed by atoms with Crippen molar-refractivity contribution >= 4 is 28.3 Å². The van der Waals surface area contributed by atoms with Crippen molar-refractivity contribution in [1.29, 1.82) is 0 Å². The Hall–Kier alpha value is -1.03. The van der Waals surface area contributed by atoms with Gasteiger partial charge in [-0.1, -0.05) is 23.8 Å². The zero-order chi connectivity index (χ0) is 12.5. The van der Waals surface area contributed by atoms with E-state index in [0.29, 0.717) is 6.04 Å². The summed E-state index contributed by atoms with van der Waals surface area (Å²) in [5.41, 5.74) is 5.55. The predicted molar refractivity (Wildman–Crippen MR) is 85.0 cm³/mol. The van der Waals surface area contributed by atoms with Crippen LogP contribution in [0.2, 0.25) is 0 Å². The van der Waals surface area contributed by atoms with E-state index in [1.54, 1.807) is 0 Å². The molecule has 0 saturated heterocycles. The van der Waals surface area contributed by atoms with E-state index in [1.165, 1.54) is 38.8 Å². The van der Waals surface area contributed by atoms with E-state index >= 15 is 0 Å². The van der Waals surface area contributed by atoms with Crippen molar-refractivity contribution in [2.45, 2.75) is 25.8 Å². The molecule has 18 heavy (non-hydrogen) atoms. The van der Waals surface area contributed by atoms with Gasteiger partial charge in [-0.2, -0.15) is 0 Å². The smallest absolute Gasteiger partial charge is 0.0519 e. The Morgan fingerprint density at radius 2 is 1.89 bits per heavy atom. The Kier molecular flexibility index (Phi) is 3.29. The molecule has 0 saturated carbocycles. The van der Waals surface area contributed by atoms with Gasteiger partial charge in [0, 0.05) is 9.26 Å². The number of aryl methyl sites for hydroxylation is 2. The van der Waals surface area contributed by atoms with Gasteiger partial charge in [0.05, 0.1) is 6.04 Å². The summed E-state index contributed by atoms with van der Waals surface area (Å²) in [4.78, 5) is 0. The summed E-state index contributed by atoms with van der Waals surface area (Å²) in [6.45, 7) is 2.17. The van der Waals surface area contributed by atoms with E-state index in [9.17, 15) is 0 Å². The third-order valence-electron chi connectivity index (χ3n) is 3.56. The highest BCUT2D eigenvalue weighted by atomic mass is 127. The maximum Gasteiger partial charge on any atom is 0.0519 e. The molecule has 0 heterocycles. The Morgan fingerprint density at radius 3 is 2.67 bits per heavy atom. The van der Waals surface area contributed by atoms with Gasteiger partial charge in [-0.25, -0.2) is 0 Å². The number of fused-ring (bicyclic) bond motifs is 1. The molecule has 1 N–H and O–H groups in total. The van der Waals surface area contributed by atoms with Crippen LogP contribution in [0.4, 0.5) is 5.69 Å². The van der Waals surface area contributed by atoms with Crippen LogP contribution in [0, 0.1) is 10.5 Å². The first-order valence-corrected chi connectivity index (χ1v) is 7.42. The molecule has 0 aromatic heterocycles. The highest BCUT2D eigenvalue weighted by molar-refractivity contribution is 14.1. The van der Waals surface area contributed by atoms with Crippen LogP contribution >= 0.6 is 22.6 Å². The Labute approximate surface area is 122 Å². The summed E-state index contributed by atoms with van der Waals surface area (Å²) in [5, 5.41) is 3.65. The first kappa shape index (κ1) is 12.0. The summed E-state index contributed by atoms with van der Waals surface area (Å²) >= 11 is 2.34. The molecule has 2 heteroatoms. The number of hydrogen-bond acceptors (Lipinski definition) is 1. The molecule has 0 bridgehead atoms. The second-order valence-electron chi connectivity index (χ2n) is 4.94. The van der Waals surface area contributed by atoms with Gasteiger partial charge in [0.1, 0.15) is 0 Å². The summed E-state index contributed by atoms with van der Waals surface area (Å²) in [5.74, 6) is 0. The average molecular weight is 349 g/mol. The van der Waals surface area contributed by atoms with Crippen molar-refractivity contribution in [3.05, 3.63) is 62.7 Å². The Morgan fingerprint density at radius 1 is 1.11 bits per heavy atom. The molecule has 1 atom stereocenters. The van der Waals surface area contributed by atoms with Gasteiger partial charge < -0.3 is 5.32 Å². The van der Waals surface area contributed by atoms with Crippen LogP contribution in [0.1, 0.15) is 29.2 Å². The molecule has 92 valence electrons. The van der Waals surface area contributed by atoms with Gasteiger partial charge in [-0.05, 0) is 77.7 Å². The lowest BCUT2D eigenvalue weighted by molar-refractivity contribution is 0.762. The lowest BCUT2D eigenvalue weighted by Crippen LogP contribution is -2.07. The molecule has 0 aliphatic heterocycles. The first-order chi connectivity index (χ1) is 8.72. The number of anilines is 1. The minimum atomic E-state index is 0.472. The highest BCUT2D eigenvalue weighted by Crippen LogP contribution is 2.34. The van der Waals surface area contributed by atoms with Crippen molar-refractivity contribution < 1.29 is 0 Å². The third-order valence-corrected chi connectivity index (χ3v) is 4.28. The maximum atomic E-state index is 3.65. The van der Waals surface area contributed by atoms with Crippen molar-refractivity contribution in [2.24, 2.45) is 0 Å². The van der Waals surface area contributed by atoms with Crippen LogP contribution in [0.25, 0.3) is 0 Å². The molecular formula is C16H16IN. The minimum Gasteiger partial charge on any atom is -0.378 e. The molecule has 1 aliphatic rings. The molecule has 3 rings (SSSR count). The van der Waals surface area contributed by atoms with E-state index in [4.69, 9.17) is 0 Å². The fourth-order valence-corrected chi connectivity index (χ4v) is 2.98. The van der Waals surface area contributed by atoms with E-state index in [2.05, 4.69) is 77.3 Å². The van der Waals surface area contributed by atoms with E-state index in [0.717, 1.165) is 0 Å². The Bertz CT molecular complexity index is 560. The molecule has 0 fully saturated rings. The van der Waals surface area contributed by atoms with Crippen LogP contribution in [0.3, 0.4) is 0 Å².